The van der Waals surface area contributed by atoms with Gasteiger partial charge in [0.2, 0.25) is 5.88 Å². The Hall–Kier alpha value is -4.01. The quantitative estimate of drug-likeness (QED) is 0.325. The first-order chi connectivity index (χ1) is 16.7. The number of ether oxygens (including phenoxy) is 1. The Balaban J connectivity index is 1.35. The SMILES string of the molecule is CN(C)c1ccc2c(Oc3ccc(CC(=O)CCc4ccc(C(F)(F)F)nc4)cc3)ncnc2c1. The monoisotopic (exact) mass is 480 g/mol. The third-order valence-corrected chi connectivity index (χ3v) is 5.45. The Bertz CT molecular complexity index is 1320. The summed E-state index contributed by atoms with van der Waals surface area (Å²) in [5, 5.41) is 0.787. The normalized spacial score (nSPS) is 11.5. The van der Waals surface area contributed by atoms with Crippen molar-refractivity contribution in [2.24, 2.45) is 0 Å². The molecule has 35 heavy (non-hydrogen) atoms. The summed E-state index contributed by atoms with van der Waals surface area (Å²) in [5.74, 6) is 1.00. The van der Waals surface area contributed by atoms with Crippen molar-refractivity contribution in [3.8, 4) is 11.6 Å². The number of benzene rings is 2. The average Bonchev–Trinajstić information content (AvgIpc) is 2.83. The van der Waals surface area contributed by atoms with Gasteiger partial charge < -0.3 is 9.64 Å². The molecule has 0 saturated heterocycles. The van der Waals surface area contributed by atoms with Gasteiger partial charge in [-0.05, 0) is 53.9 Å². The molecule has 2 heterocycles. The molecule has 4 aromatic rings. The molecule has 0 amide bonds. The summed E-state index contributed by atoms with van der Waals surface area (Å²) in [6.45, 7) is 0. The van der Waals surface area contributed by atoms with Crippen molar-refractivity contribution in [3.63, 3.8) is 0 Å². The van der Waals surface area contributed by atoms with Crippen LogP contribution in [-0.2, 0) is 23.8 Å². The Kier molecular flexibility index (Phi) is 6.95. The zero-order valence-electron chi connectivity index (χ0n) is 19.2. The number of nitrogens with zero attached hydrogens (tertiary/aromatic N) is 4. The molecule has 0 aliphatic carbocycles. The number of pyridine rings is 1. The van der Waals surface area contributed by atoms with E-state index < -0.39 is 11.9 Å². The van der Waals surface area contributed by atoms with Crippen LogP contribution in [0.5, 0.6) is 11.6 Å². The maximum Gasteiger partial charge on any atom is 0.433 e. The van der Waals surface area contributed by atoms with Crippen LogP contribution >= 0.6 is 0 Å². The summed E-state index contributed by atoms with van der Waals surface area (Å²) in [7, 11) is 3.91. The third kappa shape index (κ3) is 6.11. The molecular weight excluding hydrogens is 457 g/mol. The van der Waals surface area contributed by atoms with Crippen LogP contribution in [0.25, 0.3) is 10.9 Å². The Morgan fingerprint density at radius 1 is 0.943 bits per heavy atom. The van der Waals surface area contributed by atoms with Gasteiger partial charge in [0.15, 0.2) is 0 Å². The number of aromatic nitrogens is 3. The van der Waals surface area contributed by atoms with Crippen molar-refractivity contribution < 1.29 is 22.7 Å². The highest BCUT2D eigenvalue weighted by Gasteiger charge is 2.31. The second kappa shape index (κ2) is 10.1. The predicted octanol–water partition coefficient (Wildman–Crippen LogP) is 5.65. The molecule has 180 valence electrons. The maximum absolute atomic E-state index is 12.6. The van der Waals surface area contributed by atoms with E-state index in [0.29, 0.717) is 23.6 Å². The van der Waals surface area contributed by atoms with Gasteiger partial charge in [0, 0.05) is 38.8 Å². The zero-order valence-corrected chi connectivity index (χ0v) is 19.2. The minimum Gasteiger partial charge on any atom is -0.438 e. The zero-order chi connectivity index (χ0) is 25.0. The van der Waals surface area contributed by atoms with Crippen LogP contribution in [0.1, 0.15) is 23.2 Å². The predicted molar refractivity (Wildman–Crippen MR) is 127 cm³/mol. The van der Waals surface area contributed by atoms with Gasteiger partial charge in [-0.2, -0.15) is 13.2 Å². The van der Waals surface area contributed by atoms with Crippen LogP contribution in [0.2, 0.25) is 0 Å². The van der Waals surface area contributed by atoms with Crippen molar-refractivity contribution in [1.82, 2.24) is 15.0 Å². The van der Waals surface area contributed by atoms with E-state index in [2.05, 4.69) is 15.0 Å². The number of aryl methyl sites for hydroxylation is 1. The lowest BCUT2D eigenvalue weighted by molar-refractivity contribution is -0.141. The first kappa shape index (κ1) is 24.1. The molecule has 0 radical (unpaired) electrons. The highest BCUT2D eigenvalue weighted by atomic mass is 19.4. The number of hydrogen-bond acceptors (Lipinski definition) is 6. The summed E-state index contributed by atoms with van der Waals surface area (Å²) in [5.41, 5.74) is 2.25. The van der Waals surface area contributed by atoms with Crippen LogP contribution in [0.15, 0.2) is 67.1 Å². The topological polar surface area (TPSA) is 68.2 Å². The van der Waals surface area contributed by atoms with Crippen molar-refractivity contribution in [2.75, 3.05) is 19.0 Å². The van der Waals surface area contributed by atoms with Gasteiger partial charge in [0.1, 0.15) is 23.6 Å². The first-order valence-corrected chi connectivity index (χ1v) is 10.9. The fourth-order valence-corrected chi connectivity index (χ4v) is 3.51. The third-order valence-electron chi connectivity index (χ3n) is 5.45. The lowest BCUT2D eigenvalue weighted by atomic mass is 10.0. The molecular formula is C26H23F3N4O2. The summed E-state index contributed by atoms with van der Waals surface area (Å²) < 4.78 is 43.8. The van der Waals surface area contributed by atoms with Gasteiger partial charge in [-0.15, -0.1) is 0 Å². The number of carbonyl (C=O) groups is 1. The summed E-state index contributed by atoms with van der Waals surface area (Å²) in [4.78, 5) is 26.3. The number of ketones is 1. The van der Waals surface area contributed by atoms with Gasteiger partial charge in [0.05, 0.1) is 10.9 Å². The van der Waals surface area contributed by atoms with E-state index >= 15 is 0 Å². The lowest BCUT2D eigenvalue weighted by Crippen LogP contribution is -2.08. The number of hydrogen-bond donors (Lipinski definition) is 0. The molecule has 0 atom stereocenters. The average molecular weight is 480 g/mol. The molecule has 0 aliphatic heterocycles. The summed E-state index contributed by atoms with van der Waals surface area (Å²) in [6, 6.07) is 15.3. The van der Waals surface area contributed by atoms with E-state index in [0.717, 1.165) is 28.2 Å². The van der Waals surface area contributed by atoms with E-state index in [4.69, 9.17) is 4.74 Å². The second-order valence-corrected chi connectivity index (χ2v) is 8.29. The van der Waals surface area contributed by atoms with Gasteiger partial charge in [0.25, 0.3) is 0 Å². The van der Waals surface area contributed by atoms with Crippen LogP contribution in [0.3, 0.4) is 0 Å². The second-order valence-electron chi connectivity index (χ2n) is 8.29. The molecule has 0 aliphatic rings. The molecule has 0 N–H and O–H groups in total. The van der Waals surface area contributed by atoms with Crippen molar-refractivity contribution >= 4 is 22.4 Å². The molecule has 0 fully saturated rings. The molecule has 4 rings (SSSR count). The molecule has 0 spiro atoms. The molecule has 0 unspecified atom stereocenters. The van der Waals surface area contributed by atoms with E-state index in [9.17, 15) is 18.0 Å². The Morgan fingerprint density at radius 2 is 1.69 bits per heavy atom. The number of alkyl halides is 3. The number of halogens is 3. The van der Waals surface area contributed by atoms with Crippen LogP contribution < -0.4 is 9.64 Å². The van der Waals surface area contributed by atoms with Gasteiger partial charge >= 0.3 is 6.18 Å². The number of fused-ring (bicyclic) bond motifs is 1. The van der Waals surface area contributed by atoms with E-state index in [1.165, 1.54) is 18.6 Å². The standard InChI is InChI=1S/C26H23F3N4O2/c1-33(2)19-7-11-22-23(14-19)31-16-32-25(22)35-21-9-4-17(5-10-21)13-20(34)8-3-18-6-12-24(30-15-18)26(27,28)29/h4-7,9-12,14-16H,3,8,13H2,1-2H3. The minimum absolute atomic E-state index is 0.0166. The fraction of sp³-hybridized carbons (Fsp3) is 0.231. The fourth-order valence-electron chi connectivity index (χ4n) is 3.51. The number of carbonyl (C=O) groups excluding carboxylic acids is 1. The van der Waals surface area contributed by atoms with Crippen LogP contribution in [0, 0.1) is 0 Å². The largest absolute Gasteiger partial charge is 0.438 e. The van der Waals surface area contributed by atoms with E-state index in [-0.39, 0.29) is 18.6 Å². The Morgan fingerprint density at radius 3 is 2.34 bits per heavy atom. The van der Waals surface area contributed by atoms with E-state index in [1.807, 2.05) is 37.2 Å². The number of rotatable bonds is 8. The summed E-state index contributed by atoms with van der Waals surface area (Å²) in [6.07, 6.45) is -1.08. The van der Waals surface area contributed by atoms with Crippen molar-refractivity contribution in [3.05, 3.63) is 83.9 Å². The highest BCUT2D eigenvalue weighted by molar-refractivity contribution is 5.86. The Labute approximate surface area is 200 Å². The van der Waals surface area contributed by atoms with Crippen molar-refractivity contribution in [2.45, 2.75) is 25.4 Å². The minimum atomic E-state index is -4.47. The molecule has 2 aromatic heterocycles. The molecule has 2 aromatic carbocycles. The lowest BCUT2D eigenvalue weighted by Gasteiger charge is -2.13. The highest BCUT2D eigenvalue weighted by Crippen LogP contribution is 2.29. The molecule has 0 bridgehead atoms. The van der Waals surface area contributed by atoms with Gasteiger partial charge in [-0.3, -0.25) is 9.78 Å². The first-order valence-electron chi connectivity index (χ1n) is 10.9. The smallest absolute Gasteiger partial charge is 0.433 e. The van der Waals surface area contributed by atoms with Gasteiger partial charge in [-0.25, -0.2) is 9.97 Å². The van der Waals surface area contributed by atoms with Gasteiger partial charge in [-0.1, -0.05) is 18.2 Å². The molecule has 6 nitrogen and oxygen atoms in total. The van der Waals surface area contributed by atoms with Crippen LogP contribution in [0.4, 0.5) is 18.9 Å². The van der Waals surface area contributed by atoms with Crippen LogP contribution in [-0.4, -0.2) is 34.8 Å². The molecule has 0 saturated carbocycles. The van der Waals surface area contributed by atoms with E-state index in [1.54, 1.807) is 24.3 Å². The number of Topliss-reactive ketones (excluding diaryl/α,β-unsaturated/α-hetero) is 1. The van der Waals surface area contributed by atoms with Crippen molar-refractivity contribution in [1.29, 1.82) is 0 Å². The molecule has 9 heteroatoms. The summed E-state index contributed by atoms with van der Waals surface area (Å²) >= 11 is 0. The number of anilines is 1. The maximum atomic E-state index is 12.6.